The zero-order valence-corrected chi connectivity index (χ0v) is 20.9. The number of carbonyl (C=O) groups is 1. The van der Waals surface area contributed by atoms with Crippen molar-refractivity contribution in [2.24, 2.45) is 0 Å². The van der Waals surface area contributed by atoms with Crippen molar-refractivity contribution in [1.82, 2.24) is 5.32 Å². The van der Waals surface area contributed by atoms with Gasteiger partial charge in [0.05, 0.1) is 10.6 Å². The lowest BCUT2D eigenvalue weighted by molar-refractivity contribution is -0.119. The fraction of sp³-hybridized carbons (Fsp3) is 0.208. The van der Waals surface area contributed by atoms with Gasteiger partial charge in [0.1, 0.15) is 6.54 Å². The number of amides is 1. The van der Waals surface area contributed by atoms with Gasteiger partial charge in [-0.2, -0.15) is 11.8 Å². The first-order valence-electron chi connectivity index (χ1n) is 10.3. The maximum Gasteiger partial charge on any atom is 0.264 e. The molecular weight excluding hydrogens is 499 g/mol. The summed E-state index contributed by atoms with van der Waals surface area (Å²) in [6.07, 6.45) is 0.775. The number of anilines is 1. The number of hydrogen-bond donors (Lipinski definition) is 1. The third kappa shape index (κ3) is 7.67. The summed E-state index contributed by atoms with van der Waals surface area (Å²) in [6.45, 7) is 0.0706. The Kier molecular flexibility index (Phi) is 9.50. The fourth-order valence-electron chi connectivity index (χ4n) is 3.07. The van der Waals surface area contributed by atoms with Crippen LogP contribution < -0.4 is 9.62 Å². The maximum atomic E-state index is 13.3. The average molecular weight is 524 g/mol. The van der Waals surface area contributed by atoms with E-state index in [9.17, 15) is 13.2 Å². The van der Waals surface area contributed by atoms with Crippen LogP contribution in [0.4, 0.5) is 5.69 Å². The Bertz CT molecular complexity index is 1140. The highest BCUT2D eigenvalue weighted by atomic mass is 35.5. The van der Waals surface area contributed by atoms with Gasteiger partial charge in [-0.1, -0.05) is 71.7 Å². The van der Waals surface area contributed by atoms with Crippen molar-refractivity contribution >= 4 is 56.6 Å². The van der Waals surface area contributed by atoms with E-state index in [2.05, 4.69) is 17.4 Å². The summed E-state index contributed by atoms with van der Waals surface area (Å²) in [5.41, 5.74) is 1.48. The first-order chi connectivity index (χ1) is 15.9. The van der Waals surface area contributed by atoms with Crippen molar-refractivity contribution in [3.63, 3.8) is 0 Å². The van der Waals surface area contributed by atoms with Crippen molar-refractivity contribution in [1.29, 1.82) is 0 Å². The molecule has 0 saturated carbocycles. The van der Waals surface area contributed by atoms with E-state index >= 15 is 0 Å². The van der Waals surface area contributed by atoms with E-state index in [1.165, 1.54) is 35.9 Å². The van der Waals surface area contributed by atoms with Crippen molar-refractivity contribution in [2.45, 2.75) is 17.1 Å². The van der Waals surface area contributed by atoms with E-state index in [1.54, 1.807) is 30.0 Å². The first kappa shape index (κ1) is 25.4. The van der Waals surface area contributed by atoms with Gasteiger partial charge in [0.25, 0.3) is 10.0 Å². The molecule has 1 N–H and O–H groups in total. The molecule has 0 bridgehead atoms. The molecule has 3 aromatic rings. The Morgan fingerprint density at radius 1 is 0.909 bits per heavy atom. The van der Waals surface area contributed by atoms with E-state index in [4.69, 9.17) is 23.2 Å². The lowest BCUT2D eigenvalue weighted by Gasteiger charge is -2.24. The molecule has 0 saturated heterocycles. The topological polar surface area (TPSA) is 66.5 Å². The molecule has 5 nitrogen and oxygen atoms in total. The van der Waals surface area contributed by atoms with Gasteiger partial charge in [0.15, 0.2) is 0 Å². The summed E-state index contributed by atoms with van der Waals surface area (Å²) in [4.78, 5) is 12.7. The number of halogens is 2. The molecular formula is C24H24Cl2N2O3S2. The van der Waals surface area contributed by atoms with Crippen LogP contribution in [0.2, 0.25) is 10.0 Å². The zero-order chi connectivity index (χ0) is 23.7. The quantitative estimate of drug-likeness (QED) is 0.331. The molecule has 3 rings (SSSR count). The van der Waals surface area contributed by atoms with Gasteiger partial charge >= 0.3 is 0 Å². The summed E-state index contributed by atoms with van der Waals surface area (Å²) in [5, 5.41) is 3.37. The summed E-state index contributed by atoms with van der Waals surface area (Å²) < 4.78 is 27.6. The van der Waals surface area contributed by atoms with Crippen molar-refractivity contribution < 1.29 is 13.2 Å². The van der Waals surface area contributed by atoms with Crippen molar-refractivity contribution in [3.05, 3.63) is 94.5 Å². The molecule has 0 aliphatic rings. The second-order valence-electron chi connectivity index (χ2n) is 7.19. The zero-order valence-electron chi connectivity index (χ0n) is 17.8. The number of carbonyl (C=O) groups excluding carboxylic acids is 1. The minimum atomic E-state index is -4.00. The highest BCUT2D eigenvalue weighted by Crippen LogP contribution is 2.29. The van der Waals surface area contributed by atoms with Gasteiger partial charge in [-0.25, -0.2) is 8.42 Å². The van der Waals surface area contributed by atoms with Crippen LogP contribution in [-0.2, 0) is 20.6 Å². The van der Waals surface area contributed by atoms with Crippen LogP contribution in [0.1, 0.15) is 12.0 Å². The second-order valence-corrected chi connectivity index (χ2v) is 11.0. The van der Waals surface area contributed by atoms with Gasteiger partial charge in [-0.05, 0) is 48.1 Å². The van der Waals surface area contributed by atoms with Gasteiger partial charge < -0.3 is 5.32 Å². The Morgan fingerprint density at radius 2 is 1.52 bits per heavy atom. The lowest BCUT2D eigenvalue weighted by Crippen LogP contribution is -2.41. The van der Waals surface area contributed by atoms with Crippen LogP contribution in [0.3, 0.4) is 0 Å². The van der Waals surface area contributed by atoms with Crippen LogP contribution in [-0.4, -0.2) is 33.2 Å². The summed E-state index contributed by atoms with van der Waals surface area (Å²) in [7, 11) is -4.00. The monoisotopic (exact) mass is 522 g/mol. The predicted octanol–water partition coefficient (Wildman–Crippen LogP) is 5.63. The average Bonchev–Trinajstić information content (AvgIpc) is 2.80. The standard InChI is InChI=1S/C24H24Cl2N2O3S2/c25-20-14-21(26)16-22(15-20)28(33(30,31)23-10-5-2-6-11-23)17-24(29)27-12-7-13-32-18-19-8-3-1-4-9-19/h1-6,8-11,14-16H,7,12-13,17-18H2,(H,27,29). The molecule has 0 unspecified atom stereocenters. The smallest absolute Gasteiger partial charge is 0.264 e. The Balaban J connectivity index is 1.62. The van der Waals surface area contributed by atoms with Crippen LogP contribution >= 0.6 is 35.0 Å². The number of hydrogen-bond acceptors (Lipinski definition) is 4. The van der Waals surface area contributed by atoms with E-state index in [-0.39, 0.29) is 27.2 Å². The SMILES string of the molecule is O=C(CN(c1cc(Cl)cc(Cl)c1)S(=O)(=O)c1ccccc1)NCCCSCc1ccccc1. The van der Waals surface area contributed by atoms with E-state index in [0.29, 0.717) is 6.54 Å². The van der Waals surface area contributed by atoms with Gasteiger partial charge in [0.2, 0.25) is 5.91 Å². The Labute approximate surface area is 209 Å². The maximum absolute atomic E-state index is 13.3. The lowest BCUT2D eigenvalue weighted by atomic mass is 10.2. The fourth-order valence-corrected chi connectivity index (χ4v) is 5.93. The third-order valence-electron chi connectivity index (χ3n) is 4.65. The van der Waals surface area contributed by atoms with Gasteiger partial charge in [0, 0.05) is 22.3 Å². The molecule has 0 fully saturated rings. The molecule has 0 radical (unpaired) electrons. The van der Waals surface area contributed by atoms with Gasteiger partial charge in [-0.3, -0.25) is 9.10 Å². The normalized spacial score (nSPS) is 11.2. The molecule has 0 heterocycles. The van der Waals surface area contributed by atoms with Crippen molar-refractivity contribution in [3.8, 4) is 0 Å². The van der Waals surface area contributed by atoms with E-state index in [1.807, 2.05) is 18.2 Å². The number of sulfonamides is 1. The molecule has 0 aromatic heterocycles. The summed E-state index contributed by atoms with van der Waals surface area (Å²) in [6, 6.07) is 22.6. The largest absolute Gasteiger partial charge is 0.354 e. The molecule has 33 heavy (non-hydrogen) atoms. The second kappa shape index (κ2) is 12.3. The Morgan fingerprint density at radius 3 is 2.15 bits per heavy atom. The molecule has 0 aliphatic heterocycles. The Hall–Kier alpha value is -2.19. The number of benzene rings is 3. The first-order valence-corrected chi connectivity index (χ1v) is 13.6. The molecule has 9 heteroatoms. The van der Waals surface area contributed by atoms with E-state index < -0.39 is 15.9 Å². The number of rotatable bonds is 11. The van der Waals surface area contributed by atoms with Gasteiger partial charge in [-0.15, -0.1) is 0 Å². The van der Waals surface area contributed by atoms with Crippen LogP contribution in [0.15, 0.2) is 83.8 Å². The van der Waals surface area contributed by atoms with E-state index in [0.717, 1.165) is 22.2 Å². The minimum absolute atomic E-state index is 0.0752. The number of thioether (sulfide) groups is 1. The number of nitrogens with one attached hydrogen (secondary N) is 1. The highest BCUT2D eigenvalue weighted by molar-refractivity contribution is 7.98. The molecule has 0 atom stereocenters. The highest BCUT2D eigenvalue weighted by Gasteiger charge is 2.27. The summed E-state index contributed by atoms with van der Waals surface area (Å²) >= 11 is 14.0. The third-order valence-corrected chi connectivity index (χ3v) is 7.99. The van der Waals surface area contributed by atoms with Crippen LogP contribution in [0, 0.1) is 0 Å². The van der Waals surface area contributed by atoms with Crippen LogP contribution in [0.5, 0.6) is 0 Å². The summed E-state index contributed by atoms with van der Waals surface area (Å²) in [5.74, 6) is 1.39. The van der Waals surface area contributed by atoms with Crippen molar-refractivity contribution in [2.75, 3.05) is 23.1 Å². The molecule has 0 spiro atoms. The van der Waals surface area contributed by atoms with Crippen LogP contribution in [0.25, 0.3) is 0 Å². The number of nitrogens with zero attached hydrogens (tertiary/aromatic N) is 1. The molecule has 0 aliphatic carbocycles. The molecule has 1 amide bonds. The molecule has 174 valence electrons. The predicted molar refractivity (Wildman–Crippen MR) is 138 cm³/mol. The molecule has 3 aromatic carbocycles. The minimum Gasteiger partial charge on any atom is -0.354 e.